The van der Waals surface area contributed by atoms with Crippen LogP contribution in [0.5, 0.6) is 0 Å². The summed E-state index contributed by atoms with van der Waals surface area (Å²) in [4.78, 5) is 35.6. The van der Waals surface area contributed by atoms with Crippen LogP contribution in [0.4, 0.5) is 17.3 Å². The molecule has 1 aliphatic heterocycles. The third-order valence-electron chi connectivity index (χ3n) is 4.74. The van der Waals surface area contributed by atoms with Crippen LogP contribution in [0, 0.1) is 16.0 Å². The Morgan fingerprint density at radius 3 is 2.61 bits per heavy atom. The molecular weight excluding hydrogens is 366 g/mol. The lowest BCUT2D eigenvalue weighted by molar-refractivity contribution is -0.383. The molecule has 0 aliphatic carbocycles. The summed E-state index contributed by atoms with van der Waals surface area (Å²) in [5, 5.41) is 11.9. The van der Waals surface area contributed by atoms with Gasteiger partial charge in [0.15, 0.2) is 0 Å². The van der Waals surface area contributed by atoms with Gasteiger partial charge >= 0.3 is 11.7 Å². The van der Waals surface area contributed by atoms with Crippen molar-refractivity contribution in [3.05, 3.63) is 16.4 Å². The van der Waals surface area contributed by atoms with Gasteiger partial charge in [0.1, 0.15) is 6.33 Å². The van der Waals surface area contributed by atoms with Crippen molar-refractivity contribution in [2.24, 2.45) is 5.92 Å². The highest BCUT2D eigenvalue weighted by atomic mass is 16.6. The average molecular weight is 395 g/mol. The van der Waals surface area contributed by atoms with Crippen LogP contribution in [0.3, 0.4) is 0 Å². The lowest BCUT2D eigenvalue weighted by atomic mass is 9.97. The third kappa shape index (κ3) is 5.28. The van der Waals surface area contributed by atoms with Gasteiger partial charge in [-0.2, -0.15) is 0 Å². The SMILES string of the molecule is CCCN(CCOC)c1ncnc(N2CCC(C(=O)OCC)CC2)c1[N+](=O)[O-]. The molecule has 0 amide bonds. The Morgan fingerprint density at radius 1 is 1.32 bits per heavy atom. The largest absolute Gasteiger partial charge is 0.466 e. The van der Waals surface area contributed by atoms with E-state index in [4.69, 9.17) is 9.47 Å². The van der Waals surface area contributed by atoms with Crippen LogP contribution < -0.4 is 9.80 Å². The van der Waals surface area contributed by atoms with Gasteiger partial charge in [0, 0.05) is 33.3 Å². The van der Waals surface area contributed by atoms with Crippen LogP contribution in [-0.2, 0) is 14.3 Å². The highest BCUT2D eigenvalue weighted by Gasteiger charge is 2.33. The van der Waals surface area contributed by atoms with Crippen LogP contribution in [0.1, 0.15) is 33.1 Å². The van der Waals surface area contributed by atoms with E-state index in [0.29, 0.717) is 63.9 Å². The number of hydrogen-bond donors (Lipinski definition) is 0. The van der Waals surface area contributed by atoms with E-state index in [1.54, 1.807) is 14.0 Å². The van der Waals surface area contributed by atoms with Gasteiger partial charge < -0.3 is 19.3 Å². The molecule has 28 heavy (non-hydrogen) atoms. The average Bonchev–Trinajstić information content (AvgIpc) is 2.70. The number of ether oxygens (including phenoxy) is 2. The van der Waals surface area contributed by atoms with Gasteiger partial charge in [-0.1, -0.05) is 6.92 Å². The number of esters is 1. The number of carbonyl (C=O) groups is 1. The first-order valence-corrected chi connectivity index (χ1v) is 9.68. The third-order valence-corrected chi connectivity index (χ3v) is 4.74. The Morgan fingerprint density at radius 2 is 2.04 bits per heavy atom. The lowest BCUT2D eigenvalue weighted by Crippen LogP contribution is -2.38. The van der Waals surface area contributed by atoms with Crippen molar-refractivity contribution in [2.75, 3.05) is 56.3 Å². The molecule has 0 saturated carbocycles. The number of methoxy groups -OCH3 is 1. The summed E-state index contributed by atoms with van der Waals surface area (Å²) >= 11 is 0. The molecule has 1 fully saturated rings. The summed E-state index contributed by atoms with van der Waals surface area (Å²) in [6.45, 7) is 6.74. The minimum atomic E-state index is -0.419. The molecule has 0 aromatic carbocycles. The molecule has 0 atom stereocenters. The van der Waals surface area contributed by atoms with E-state index in [-0.39, 0.29) is 17.6 Å². The molecule has 1 aliphatic rings. The second-order valence-electron chi connectivity index (χ2n) is 6.62. The minimum absolute atomic E-state index is 0.0957. The summed E-state index contributed by atoms with van der Waals surface area (Å²) < 4.78 is 10.2. The Labute approximate surface area is 165 Å². The van der Waals surface area contributed by atoms with Crippen molar-refractivity contribution in [3.63, 3.8) is 0 Å². The summed E-state index contributed by atoms with van der Waals surface area (Å²) in [6, 6.07) is 0. The molecule has 10 nitrogen and oxygen atoms in total. The molecule has 0 radical (unpaired) electrons. The number of anilines is 2. The zero-order chi connectivity index (χ0) is 20.5. The number of carbonyl (C=O) groups excluding carboxylic acids is 1. The van der Waals surface area contributed by atoms with E-state index in [0.717, 1.165) is 6.42 Å². The molecule has 0 bridgehead atoms. The number of aromatic nitrogens is 2. The van der Waals surface area contributed by atoms with Crippen molar-refractivity contribution in [1.82, 2.24) is 9.97 Å². The quantitative estimate of drug-likeness (QED) is 0.334. The monoisotopic (exact) mass is 395 g/mol. The van der Waals surface area contributed by atoms with Crippen molar-refractivity contribution in [1.29, 1.82) is 0 Å². The number of rotatable bonds is 10. The van der Waals surface area contributed by atoms with Crippen molar-refractivity contribution < 1.29 is 19.2 Å². The number of piperidine rings is 1. The second kappa shape index (κ2) is 10.7. The fourth-order valence-electron chi connectivity index (χ4n) is 3.37. The predicted octanol–water partition coefficient (Wildman–Crippen LogP) is 2.03. The number of hydrogen-bond acceptors (Lipinski definition) is 9. The van der Waals surface area contributed by atoms with Gasteiger partial charge in [-0.3, -0.25) is 14.9 Å². The van der Waals surface area contributed by atoms with E-state index >= 15 is 0 Å². The highest BCUT2D eigenvalue weighted by Crippen LogP contribution is 2.36. The van der Waals surface area contributed by atoms with Crippen molar-refractivity contribution >= 4 is 23.3 Å². The topological polar surface area (TPSA) is 111 Å². The highest BCUT2D eigenvalue weighted by molar-refractivity contribution is 5.74. The molecule has 1 aromatic rings. The van der Waals surface area contributed by atoms with Gasteiger partial charge in [-0.05, 0) is 26.2 Å². The van der Waals surface area contributed by atoms with Gasteiger partial charge in [0.2, 0.25) is 11.6 Å². The number of nitro groups is 1. The summed E-state index contributed by atoms with van der Waals surface area (Å²) in [7, 11) is 1.59. The van der Waals surface area contributed by atoms with Gasteiger partial charge in [0.05, 0.1) is 24.1 Å². The fourth-order valence-corrected chi connectivity index (χ4v) is 3.37. The summed E-state index contributed by atoms with van der Waals surface area (Å²) in [5.41, 5.74) is -0.0957. The van der Waals surface area contributed by atoms with Gasteiger partial charge in [0.25, 0.3) is 0 Å². The molecule has 10 heteroatoms. The van der Waals surface area contributed by atoms with Crippen LogP contribution in [0.15, 0.2) is 6.33 Å². The molecular formula is C18H29N5O5. The maximum absolute atomic E-state index is 11.9. The first-order valence-electron chi connectivity index (χ1n) is 9.68. The van der Waals surface area contributed by atoms with Gasteiger partial charge in [-0.15, -0.1) is 0 Å². The molecule has 0 N–H and O–H groups in total. The molecule has 2 heterocycles. The Bertz CT molecular complexity index is 664. The normalized spacial score (nSPS) is 14.8. The maximum Gasteiger partial charge on any atom is 0.353 e. The smallest absolute Gasteiger partial charge is 0.353 e. The Balaban J connectivity index is 2.25. The molecule has 156 valence electrons. The van der Waals surface area contributed by atoms with E-state index in [9.17, 15) is 14.9 Å². The first-order chi connectivity index (χ1) is 13.5. The predicted molar refractivity (Wildman–Crippen MR) is 105 cm³/mol. The van der Waals surface area contributed by atoms with E-state index < -0.39 is 4.92 Å². The summed E-state index contributed by atoms with van der Waals surface area (Å²) in [5.74, 6) is 0.237. The van der Waals surface area contributed by atoms with Crippen LogP contribution in [0.25, 0.3) is 0 Å². The van der Waals surface area contributed by atoms with E-state index in [1.807, 2.05) is 16.7 Å². The van der Waals surface area contributed by atoms with Crippen LogP contribution in [0.2, 0.25) is 0 Å². The van der Waals surface area contributed by atoms with E-state index in [1.165, 1.54) is 6.33 Å². The first kappa shape index (κ1) is 21.8. The Kier molecular flexibility index (Phi) is 8.37. The molecule has 1 aromatic heterocycles. The minimum Gasteiger partial charge on any atom is -0.466 e. The fraction of sp³-hybridized carbons (Fsp3) is 0.722. The van der Waals surface area contributed by atoms with E-state index in [2.05, 4.69) is 9.97 Å². The molecule has 0 unspecified atom stereocenters. The number of nitrogens with zero attached hydrogens (tertiary/aromatic N) is 5. The Hall–Kier alpha value is -2.49. The zero-order valence-electron chi connectivity index (χ0n) is 16.8. The lowest BCUT2D eigenvalue weighted by Gasteiger charge is -2.32. The standard InChI is InChI=1S/C18H29N5O5/c1-4-8-21(11-12-27-3)16-15(23(25)26)17(20-13-19-16)22-9-6-14(7-10-22)18(24)28-5-2/h13-14H,4-12H2,1-3H3. The summed E-state index contributed by atoms with van der Waals surface area (Å²) in [6.07, 6.45) is 3.35. The molecule has 2 rings (SSSR count). The van der Waals surface area contributed by atoms with Gasteiger partial charge in [-0.25, -0.2) is 9.97 Å². The molecule has 1 saturated heterocycles. The molecule has 0 spiro atoms. The zero-order valence-corrected chi connectivity index (χ0v) is 16.8. The second-order valence-corrected chi connectivity index (χ2v) is 6.62. The van der Waals surface area contributed by atoms with Crippen LogP contribution >= 0.6 is 0 Å². The van der Waals surface area contributed by atoms with Crippen molar-refractivity contribution in [2.45, 2.75) is 33.1 Å². The maximum atomic E-state index is 11.9. The van der Waals surface area contributed by atoms with Crippen molar-refractivity contribution in [3.8, 4) is 0 Å². The van der Waals surface area contributed by atoms with Crippen LogP contribution in [-0.4, -0.2) is 67.4 Å².